The monoisotopic (exact) mass is 262 g/mol. The van der Waals surface area contributed by atoms with Crippen LogP contribution < -0.4 is 5.73 Å². The van der Waals surface area contributed by atoms with Gasteiger partial charge in [-0.1, -0.05) is 0 Å². The molecular weight excluding hydrogens is 240 g/mol. The minimum Gasteiger partial charge on any atom is -0.339 e. The molecule has 5 heteroatoms. The Morgan fingerprint density at radius 2 is 2.31 bits per heavy atom. The Bertz CT molecular complexity index is 246. The van der Waals surface area contributed by atoms with Crippen LogP contribution in [0, 0.1) is 0 Å². The van der Waals surface area contributed by atoms with E-state index in [2.05, 4.69) is 13.8 Å². The Morgan fingerprint density at radius 3 is 2.88 bits per heavy atom. The molecule has 2 N–H and O–H groups in total. The number of hydrogen-bond donors (Lipinski definition) is 1. The number of hydrogen-bond acceptors (Lipinski definition) is 4. The lowest BCUT2D eigenvalue weighted by atomic mass is 10.1. The van der Waals surface area contributed by atoms with Gasteiger partial charge in [-0.3, -0.25) is 4.79 Å². The first-order valence-electron chi connectivity index (χ1n) is 5.63. The fourth-order valence-corrected chi connectivity index (χ4v) is 3.41. The number of nitrogens with two attached hydrogens (primary N) is 1. The van der Waals surface area contributed by atoms with Crippen molar-refractivity contribution in [2.75, 3.05) is 30.9 Å². The fourth-order valence-electron chi connectivity index (χ4n) is 1.81. The van der Waals surface area contributed by atoms with Crippen LogP contribution in [-0.4, -0.2) is 52.4 Å². The van der Waals surface area contributed by atoms with Gasteiger partial charge in [0.2, 0.25) is 5.91 Å². The van der Waals surface area contributed by atoms with E-state index < -0.39 is 0 Å². The largest absolute Gasteiger partial charge is 0.339 e. The molecule has 0 saturated carbocycles. The third kappa shape index (κ3) is 4.18. The van der Waals surface area contributed by atoms with Gasteiger partial charge in [-0.05, 0) is 32.3 Å². The van der Waals surface area contributed by atoms with Gasteiger partial charge < -0.3 is 10.6 Å². The highest BCUT2D eigenvalue weighted by Crippen LogP contribution is 2.29. The average Bonchev–Trinajstić information content (AvgIpc) is 2.23. The van der Waals surface area contributed by atoms with Crippen LogP contribution in [0.5, 0.6) is 0 Å². The van der Waals surface area contributed by atoms with E-state index in [1.165, 1.54) is 0 Å². The summed E-state index contributed by atoms with van der Waals surface area (Å²) in [5.41, 5.74) is 5.91. The van der Waals surface area contributed by atoms with Crippen molar-refractivity contribution in [2.24, 2.45) is 5.73 Å². The van der Waals surface area contributed by atoms with Gasteiger partial charge in [0.25, 0.3) is 0 Å². The predicted octanol–water partition coefficient (Wildman–Crippen LogP) is 1.42. The smallest absolute Gasteiger partial charge is 0.239 e. The van der Waals surface area contributed by atoms with Crippen LogP contribution in [0.2, 0.25) is 0 Å². The summed E-state index contributed by atoms with van der Waals surface area (Å²) < 4.78 is 0.174. The average molecular weight is 262 g/mol. The van der Waals surface area contributed by atoms with Crippen molar-refractivity contribution < 1.29 is 4.79 Å². The maximum atomic E-state index is 12.1. The zero-order valence-corrected chi connectivity index (χ0v) is 12.0. The van der Waals surface area contributed by atoms with Gasteiger partial charge in [0.05, 0.1) is 6.04 Å². The SMILES string of the molecule is CSCC[C@H](N)C(=O)N1CCSC(C)(C)C1. The van der Waals surface area contributed by atoms with Crippen molar-refractivity contribution >= 4 is 29.4 Å². The zero-order chi connectivity index (χ0) is 12.2. The Labute approximate surface area is 107 Å². The molecule has 0 unspecified atom stereocenters. The van der Waals surface area contributed by atoms with Gasteiger partial charge in [0, 0.05) is 23.6 Å². The normalized spacial score (nSPS) is 21.9. The zero-order valence-electron chi connectivity index (χ0n) is 10.4. The summed E-state index contributed by atoms with van der Waals surface area (Å²) >= 11 is 3.67. The van der Waals surface area contributed by atoms with Crippen LogP contribution in [0.25, 0.3) is 0 Å². The summed E-state index contributed by atoms with van der Waals surface area (Å²) in [7, 11) is 0. The van der Waals surface area contributed by atoms with Gasteiger partial charge in [-0.25, -0.2) is 0 Å². The van der Waals surface area contributed by atoms with Crippen molar-refractivity contribution in [1.82, 2.24) is 4.90 Å². The molecule has 1 amide bonds. The molecule has 94 valence electrons. The van der Waals surface area contributed by atoms with Crippen molar-refractivity contribution in [3.05, 3.63) is 0 Å². The molecule has 1 saturated heterocycles. The minimum atomic E-state index is -0.314. The van der Waals surface area contributed by atoms with Crippen molar-refractivity contribution in [3.8, 4) is 0 Å². The van der Waals surface area contributed by atoms with Crippen molar-refractivity contribution in [2.45, 2.75) is 31.1 Å². The molecule has 0 aromatic rings. The maximum Gasteiger partial charge on any atom is 0.239 e. The van der Waals surface area contributed by atoms with E-state index in [0.717, 1.165) is 31.0 Å². The fraction of sp³-hybridized carbons (Fsp3) is 0.909. The summed E-state index contributed by atoms with van der Waals surface area (Å²) in [5.74, 6) is 2.11. The van der Waals surface area contributed by atoms with Gasteiger partial charge in [-0.15, -0.1) is 0 Å². The van der Waals surface area contributed by atoms with Crippen LogP contribution in [0.4, 0.5) is 0 Å². The molecule has 0 aliphatic carbocycles. The number of thioether (sulfide) groups is 2. The van der Waals surface area contributed by atoms with E-state index >= 15 is 0 Å². The Kier molecular flexibility index (Phi) is 5.47. The first-order chi connectivity index (χ1) is 7.46. The third-order valence-corrected chi connectivity index (χ3v) is 4.63. The number of carbonyl (C=O) groups is 1. The van der Waals surface area contributed by atoms with Crippen LogP contribution in [-0.2, 0) is 4.79 Å². The van der Waals surface area contributed by atoms with Gasteiger partial charge in [0.1, 0.15) is 0 Å². The number of nitrogens with zero attached hydrogens (tertiary/aromatic N) is 1. The Morgan fingerprint density at radius 1 is 1.62 bits per heavy atom. The molecule has 0 radical (unpaired) electrons. The van der Waals surface area contributed by atoms with Crippen molar-refractivity contribution in [1.29, 1.82) is 0 Å². The minimum absolute atomic E-state index is 0.127. The van der Waals surface area contributed by atoms with E-state index in [4.69, 9.17) is 5.73 Å². The lowest BCUT2D eigenvalue weighted by Gasteiger charge is -2.38. The Hall–Kier alpha value is 0.130. The van der Waals surface area contributed by atoms with Gasteiger partial charge >= 0.3 is 0 Å². The van der Waals surface area contributed by atoms with E-state index in [1.807, 2.05) is 22.9 Å². The van der Waals surface area contributed by atoms with Crippen molar-refractivity contribution in [3.63, 3.8) is 0 Å². The second-order valence-electron chi connectivity index (χ2n) is 4.76. The first kappa shape index (κ1) is 14.2. The van der Waals surface area contributed by atoms with E-state index in [0.29, 0.717) is 0 Å². The van der Waals surface area contributed by atoms with Gasteiger partial charge in [0.15, 0.2) is 0 Å². The second-order valence-corrected chi connectivity index (χ2v) is 7.54. The van der Waals surface area contributed by atoms with Crippen LogP contribution in [0.15, 0.2) is 0 Å². The third-order valence-electron chi connectivity index (χ3n) is 2.69. The Balaban J connectivity index is 2.46. The molecule has 1 aliphatic heterocycles. The molecular formula is C11H22N2OS2. The molecule has 1 rings (SSSR count). The molecule has 16 heavy (non-hydrogen) atoms. The first-order valence-corrected chi connectivity index (χ1v) is 8.01. The highest BCUT2D eigenvalue weighted by atomic mass is 32.2. The number of amides is 1. The summed E-state index contributed by atoms with van der Waals surface area (Å²) in [4.78, 5) is 14.0. The number of rotatable bonds is 4. The molecule has 3 nitrogen and oxygen atoms in total. The summed E-state index contributed by atoms with van der Waals surface area (Å²) in [6, 6.07) is -0.314. The predicted molar refractivity (Wildman–Crippen MR) is 74.1 cm³/mol. The molecule has 0 aromatic carbocycles. The van der Waals surface area contributed by atoms with Crippen LogP contribution in [0.3, 0.4) is 0 Å². The van der Waals surface area contributed by atoms with Gasteiger partial charge in [-0.2, -0.15) is 23.5 Å². The lowest BCUT2D eigenvalue weighted by molar-refractivity contribution is -0.132. The molecule has 0 spiro atoms. The standard InChI is InChI=1S/C11H22N2OS2/c1-11(2)8-13(5-7-16-11)10(14)9(12)4-6-15-3/h9H,4-8,12H2,1-3H3/t9-/m0/s1. The summed E-state index contributed by atoms with van der Waals surface area (Å²) in [5, 5.41) is 0. The topological polar surface area (TPSA) is 46.3 Å². The molecule has 0 bridgehead atoms. The molecule has 1 aliphatic rings. The van der Waals surface area contributed by atoms with E-state index in [9.17, 15) is 4.79 Å². The highest BCUT2D eigenvalue weighted by molar-refractivity contribution is 8.00. The van der Waals surface area contributed by atoms with Crippen LogP contribution in [0.1, 0.15) is 20.3 Å². The van der Waals surface area contributed by atoms with E-state index in [-0.39, 0.29) is 16.7 Å². The second kappa shape index (κ2) is 6.17. The molecule has 1 heterocycles. The summed E-state index contributed by atoms with van der Waals surface area (Å²) in [6.45, 7) is 6.04. The summed E-state index contributed by atoms with van der Waals surface area (Å²) in [6.07, 6.45) is 2.82. The lowest BCUT2D eigenvalue weighted by Crippen LogP contribution is -2.51. The number of carbonyl (C=O) groups excluding carboxylic acids is 1. The maximum absolute atomic E-state index is 12.1. The quantitative estimate of drug-likeness (QED) is 0.832. The molecule has 0 aromatic heterocycles. The highest BCUT2D eigenvalue weighted by Gasteiger charge is 2.31. The van der Waals surface area contributed by atoms with Crippen LogP contribution >= 0.6 is 23.5 Å². The van der Waals surface area contributed by atoms with E-state index in [1.54, 1.807) is 11.8 Å². The molecule has 1 atom stereocenters. The molecule has 1 fully saturated rings.